The van der Waals surface area contributed by atoms with Crippen molar-refractivity contribution < 1.29 is 23.2 Å². The number of halogens is 2. The summed E-state index contributed by atoms with van der Waals surface area (Å²) in [5.41, 5.74) is 4.02. The number of hydrogen-bond donors (Lipinski definition) is 4. The van der Waals surface area contributed by atoms with Crippen LogP contribution in [0.1, 0.15) is 40.2 Å². The van der Waals surface area contributed by atoms with E-state index in [0.717, 1.165) is 25.1 Å². The number of hydrogen-bond acceptors (Lipinski definition) is 6. The molecule has 12 heteroatoms. The highest BCUT2D eigenvalue weighted by Gasteiger charge is 2.49. The summed E-state index contributed by atoms with van der Waals surface area (Å²) in [6.07, 6.45) is -0.493. The monoisotopic (exact) mass is 583 g/mol. The van der Waals surface area contributed by atoms with Crippen molar-refractivity contribution in [1.29, 1.82) is 5.41 Å². The number of fused-ring (bicyclic) bond motifs is 3. The molecule has 0 saturated carbocycles. The fourth-order valence-electron chi connectivity index (χ4n) is 4.86. The third-order valence-corrected chi connectivity index (χ3v) is 9.27. The predicted molar refractivity (Wildman–Crippen MR) is 153 cm³/mol. The Balaban J connectivity index is 1.27. The standard InChI is InChI=1S/C28H27F2N5O3S2/c1-15(23-9-17(12-39-23)25(31)32)34-27(38)20-10-28(30,13-29)14-35(20)24(36)11-33-26(37)16-6-7-22-19(8-16)18-4-2-3-5-21(18)40-22/h2-9,12,15,20H,10-11,13-14H2,1H3,(H3,31,32)(H,33,37)(H,34,38)/t15-,20+,28+/m1/s1. The number of benzene rings is 2. The first kappa shape index (κ1) is 27.7. The number of nitrogens with one attached hydrogen (secondary N) is 3. The van der Waals surface area contributed by atoms with E-state index in [4.69, 9.17) is 11.1 Å². The maximum absolute atomic E-state index is 15.1. The molecule has 0 radical (unpaired) electrons. The van der Waals surface area contributed by atoms with Crippen molar-refractivity contribution in [2.75, 3.05) is 19.8 Å². The van der Waals surface area contributed by atoms with E-state index in [1.54, 1.807) is 41.8 Å². The van der Waals surface area contributed by atoms with Crippen LogP contribution in [0.3, 0.4) is 0 Å². The Kier molecular flexibility index (Phi) is 7.56. The molecule has 0 spiro atoms. The van der Waals surface area contributed by atoms with E-state index in [0.29, 0.717) is 16.0 Å². The van der Waals surface area contributed by atoms with Gasteiger partial charge in [0.05, 0.1) is 19.1 Å². The molecule has 4 aromatic rings. The second-order valence-corrected chi connectivity index (χ2v) is 11.9. The number of likely N-dealkylation sites (tertiary alicyclic amines) is 1. The van der Waals surface area contributed by atoms with Crippen LogP contribution in [0.5, 0.6) is 0 Å². The van der Waals surface area contributed by atoms with Crippen molar-refractivity contribution in [3.05, 3.63) is 69.9 Å². The average Bonchev–Trinajstić information content (AvgIpc) is 3.67. The van der Waals surface area contributed by atoms with Gasteiger partial charge in [0.15, 0.2) is 5.67 Å². The molecule has 2 aromatic heterocycles. The lowest BCUT2D eigenvalue weighted by Crippen LogP contribution is -2.49. The third kappa shape index (κ3) is 5.41. The topological polar surface area (TPSA) is 128 Å². The molecule has 5 N–H and O–H groups in total. The Morgan fingerprint density at radius 1 is 1.15 bits per heavy atom. The highest BCUT2D eigenvalue weighted by Crippen LogP contribution is 2.34. The summed E-state index contributed by atoms with van der Waals surface area (Å²) >= 11 is 2.91. The second-order valence-electron chi connectivity index (χ2n) is 9.90. The van der Waals surface area contributed by atoms with Gasteiger partial charge in [-0.2, -0.15) is 0 Å². The molecule has 3 heterocycles. The van der Waals surface area contributed by atoms with Crippen LogP contribution in [0.4, 0.5) is 8.78 Å². The minimum Gasteiger partial charge on any atom is -0.384 e. The van der Waals surface area contributed by atoms with Crippen LogP contribution in [-0.2, 0) is 9.59 Å². The molecule has 0 bridgehead atoms. The van der Waals surface area contributed by atoms with E-state index >= 15 is 4.39 Å². The van der Waals surface area contributed by atoms with Gasteiger partial charge in [0.25, 0.3) is 5.91 Å². The van der Waals surface area contributed by atoms with Gasteiger partial charge in [-0.15, -0.1) is 22.7 Å². The average molecular weight is 584 g/mol. The Hall–Kier alpha value is -3.90. The summed E-state index contributed by atoms with van der Waals surface area (Å²) in [7, 11) is 0. The van der Waals surface area contributed by atoms with E-state index in [1.807, 2.05) is 30.3 Å². The zero-order chi connectivity index (χ0) is 28.6. The highest BCUT2D eigenvalue weighted by molar-refractivity contribution is 7.25. The molecule has 2 aromatic carbocycles. The fourth-order valence-corrected chi connectivity index (χ4v) is 6.86. The number of rotatable bonds is 8. The summed E-state index contributed by atoms with van der Waals surface area (Å²) in [4.78, 5) is 40.8. The van der Waals surface area contributed by atoms with Crippen LogP contribution >= 0.6 is 22.7 Å². The Morgan fingerprint density at radius 3 is 2.62 bits per heavy atom. The van der Waals surface area contributed by atoms with Crippen LogP contribution < -0.4 is 16.4 Å². The zero-order valence-corrected chi connectivity index (χ0v) is 23.1. The summed E-state index contributed by atoms with van der Waals surface area (Å²) in [6, 6.07) is 13.1. The maximum Gasteiger partial charge on any atom is 0.251 e. The van der Waals surface area contributed by atoms with Gasteiger partial charge in [-0.1, -0.05) is 18.2 Å². The first-order chi connectivity index (χ1) is 19.1. The molecule has 1 aliphatic rings. The maximum atomic E-state index is 15.1. The number of nitrogens with zero attached hydrogens (tertiary/aromatic N) is 1. The number of amides is 3. The SMILES string of the molecule is C[C@@H](NC(=O)[C@@H]1C[C@](F)(CF)CN1C(=O)CNC(=O)c1ccc2sc3ccccc3c2c1)c1cc(C(=N)N)cs1. The smallest absolute Gasteiger partial charge is 0.251 e. The van der Waals surface area contributed by atoms with Gasteiger partial charge < -0.3 is 21.3 Å². The van der Waals surface area contributed by atoms with Crippen molar-refractivity contribution in [2.24, 2.45) is 5.73 Å². The van der Waals surface area contributed by atoms with Crippen LogP contribution in [0, 0.1) is 5.41 Å². The minimum atomic E-state index is -2.36. The van der Waals surface area contributed by atoms with Crippen LogP contribution in [-0.4, -0.2) is 59.9 Å². The van der Waals surface area contributed by atoms with E-state index in [9.17, 15) is 18.8 Å². The van der Waals surface area contributed by atoms with Crippen molar-refractivity contribution in [3.63, 3.8) is 0 Å². The number of nitrogens with two attached hydrogens (primary N) is 1. The lowest BCUT2D eigenvalue weighted by molar-refractivity contribution is -0.138. The Bertz CT molecular complexity index is 1640. The van der Waals surface area contributed by atoms with Crippen molar-refractivity contribution >= 4 is 66.4 Å². The summed E-state index contributed by atoms with van der Waals surface area (Å²) < 4.78 is 30.7. The number of amidine groups is 1. The number of nitrogen functional groups attached to an aromatic ring is 1. The fraction of sp³-hybridized carbons (Fsp3) is 0.286. The van der Waals surface area contributed by atoms with E-state index < -0.39 is 61.7 Å². The molecule has 1 saturated heterocycles. The first-order valence-electron chi connectivity index (χ1n) is 12.6. The number of carbonyl (C=O) groups excluding carboxylic acids is 3. The van der Waals surface area contributed by atoms with Crippen LogP contribution in [0.15, 0.2) is 53.9 Å². The molecule has 5 rings (SSSR count). The molecule has 208 valence electrons. The van der Waals surface area contributed by atoms with E-state index in [1.165, 1.54) is 11.3 Å². The first-order valence-corrected chi connectivity index (χ1v) is 14.3. The zero-order valence-electron chi connectivity index (χ0n) is 21.5. The van der Waals surface area contributed by atoms with Gasteiger partial charge >= 0.3 is 0 Å². The highest BCUT2D eigenvalue weighted by atomic mass is 32.1. The van der Waals surface area contributed by atoms with Gasteiger partial charge in [0.2, 0.25) is 11.8 Å². The third-order valence-electron chi connectivity index (χ3n) is 7.01. The van der Waals surface area contributed by atoms with E-state index in [2.05, 4.69) is 10.6 Å². The second kappa shape index (κ2) is 10.9. The van der Waals surface area contributed by atoms with Gasteiger partial charge in [0, 0.05) is 48.0 Å². The van der Waals surface area contributed by atoms with Crippen LogP contribution in [0.2, 0.25) is 0 Å². The lowest BCUT2D eigenvalue weighted by Gasteiger charge is -2.25. The van der Waals surface area contributed by atoms with Gasteiger partial charge in [-0.3, -0.25) is 19.8 Å². The van der Waals surface area contributed by atoms with Crippen molar-refractivity contribution in [2.45, 2.75) is 31.1 Å². The summed E-state index contributed by atoms with van der Waals surface area (Å²) in [6.45, 7) is -0.703. The molecular weight excluding hydrogens is 556 g/mol. The van der Waals surface area contributed by atoms with Gasteiger partial charge in [-0.05, 0) is 37.3 Å². The van der Waals surface area contributed by atoms with Crippen molar-refractivity contribution in [1.82, 2.24) is 15.5 Å². The minimum absolute atomic E-state index is 0.107. The quantitative estimate of drug-likeness (QED) is 0.182. The Labute approximate surface area is 236 Å². The van der Waals surface area contributed by atoms with Crippen LogP contribution in [0.25, 0.3) is 20.2 Å². The molecule has 40 heavy (non-hydrogen) atoms. The summed E-state index contributed by atoms with van der Waals surface area (Å²) in [5.74, 6) is -1.92. The molecule has 1 aliphatic heterocycles. The lowest BCUT2D eigenvalue weighted by atomic mass is 10.0. The number of thiophene rings is 2. The van der Waals surface area contributed by atoms with E-state index in [-0.39, 0.29) is 5.84 Å². The molecule has 0 unspecified atom stereocenters. The normalized spacial score (nSPS) is 19.6. The molecular formula is C28H27F2N5O3S2. The number of alkyl halides is 2. The molecule has 3 amide bonds. The molecule has 0 aliphatic carbocycles. The molecule has 1 fully saturated rings. The summed E-state index contributed by atoms with van der Waals surface area (Å²) in [5, 5.41) is 16.5. The van der Waals surface area contributed by atoms with Crippen molar-refractivity contribution in [3.8, 4) is 0 Å². The van der Waals surface area contributed by atoms with Gasteiger partial charge in [-0.25, -0.2) is 8.78 Å². The molecule has 3 atom stereocenters. The largest absolute Gasteiger partial charge is 0.384 e. The Morgan fingerprint density at radius 2 is 1.90 bits per heavy atom. The predicted octanol–water partition coefficient (Wildman–Crippen LogP) is 4.29. The molecule has 8 nitrogen and oxygen atoms in total. The number of carbonyl (C=O) groups is 3. The van der Waals surface area contributed by atoms with Gasteiger partial charge in [0.1, 0.15) is 18.6 Å².